The van der Waals surface area contributed by atoms with Crippen LogP contribution >= 0.6 is 22.9 Å². The summed E-state index contributed by atoms with van der Waals surface area (Å²) < 4.78 is 2.76. The first kappa shape index (κ1) is 12.5. The predicted molar refractivity (Wildman–Crippen MR) is 70.5 cm³/mol. The molecule has 0 radical (unpaired) electrons. The summed E-state index contributed by atoms with van der Waals surface area (Å²) in [4.78, 5) is 5.51. The summed E-state index contributed by atoms with van der Waals surface area (Å²) in [7, 11) is 0. The van der Waals surface area contributed by atoms with E-state index in [9.17, 15) is 0 Å². The molecule has 0 saturated heterocycles. The fraction of sp³-hybridized carbons (Fsp3) is 0.455. The second kappa shape index (κ2) is 5.62. The second-order valence-electron chi connectivity index (χ2n) is 3.81. The Morgan fingerprint density at radius 2 is 2.24 bits per heavy atom. The maximum absolute atomic E-state index is 5.86. The van der Waals surface area contributed by atoms with Gasteiger partial charge in [0.25, 0.3) is 0 Å². The minimum Gasteiger partial charge on any atom is -0.310 e. The number of hydrogen-bond donors (Lipinski definition) is 1. The van der Waals surface area contributed by atoms with E-state index in [4.69, 9.17) is 11.6 Å². The van der Waals surface area contributed by atoms with E-state index in [2.05, 4.69) is 15.4 Å². The number of halogens is 1. The van der Waals surface area contributed by atoms with Crippen LogP contribution in [0.15, 0.2) is 12.1 Å². The van der Waals surface area contributed by atoms with Gasteiger partial charge in [0.15, 0.2) is 0 Å². The molecule has 0 amide bonds. The van der Waals surface area contributed by atoms with Gasteiger partial charge < -0.3 is 5.32 Å². The van der Waals surface area contributed by atoms with E-state index in [0.29, 0.717) is 0 Å². The Bertz CT molecular complexity index is 491. The van der Waals surface area contributed by atoms with Crippen LogP contribution in [0.3, 0.4) is 0 Å². The summed E-state index contributed by atoms with van der Waals surface area (Å²) in [6, 6.07) is 3.97. The van der Waals surface area contributed by atoms with Gasteiger partial charge in [-0.25, -0.2) is 9.67 Å². The number of thiophene rings is 1. The molecule has 0 unspecified atom stereocenters. The Balaban J connectivity index is 1.75. The maximum atomic E-state index is 5.86. The highest BCUT2D eigenvalue weighted by atomic mass is 35.5. The third-order valence-electron chi connectivity index (χ3n) is 2.39. The van der Waals surface area contributed by atoms with Crippen molar-refractivity contribution in [2.75, 3.05) is 6.54 Å². The largest absolute Gasteiger partial charge is 0.310 e. The predicted octanol–water partition coefficient (Wildman–Crippen LogP) is 2.40. The van der Waals surface area contributed by atoms with Gasteiger partial charge in [0.2, 0.25) is 0 Å². The van der Waals surface area contributed by atoms with E-state index in [1.807, 2.05) is 30.7 Å². The number of nitrogens with one attached hydrogen (secondary N) is 1. The second-order valence-corrected chi connectivity index (χ2v) is 5.61. The van der Waals surface area contributed by atoms with Crippen LogP contribution in [-0.2, 0) is 13.1 Å². The number of aryl methyl sites for hydroxylation is 2. The summed E-state index contributed by atoms with van der Waals surface area (Å²) in [6.45, 7) is 6.44. The molecule has 2 rings (SSSR count). The third-order valence-corrected chi connectivity index (χ3v) is 3.62. The van der Waals surface area contributed by atoms with Gasteiger partial charge in [0.05, 0.1) is 10.9 Å². The molecular weight excluding hydrogens is 256 g/mol. The van der Waals surface area contributed by atoms with E-state index in [0.717, 1.165) is 35.6 Å². The van der Waals surface area contributed by atoms with Crippen molar-refractivity contribution >= 4 is 22.9 Å². The molecule has 17 heavy (non-hydrogen) atoms. The van der Waals surface area contributed by atoms with Gasteiger partial charge in [-0.2, -0.15) is 5.10 Å². The topological polar surface area (TPSA) is 42.7 Å². The Hall–Kier alpha value is -0.910. The fourth-order valence-electron chi connectivity index (χ4n) is 1.62. The average Bonchev–Trinajstić information content (AvgIpc) is 2.81. The van der Waals surface area contributed by atoms with Crippen LogP contribution in [0.2, 0.25) is 4.34 Å². The minimum absolute atomic E-state index is 0.826. The first-order chi connectivity index (χ1) is 8.15. The van der Waals surface area contributed by atoms with Gasteiger partial charge in [0.1, 0.15) is 11.6 Å². The van der Waals surface area contributed by atoms with Crippen molar-refractivity contribution in [3.63, 3.8) is 0 Å². The van der Waals surface area contributed by atoms with Crippen molar-refractivity contribution in [3.05, 3.63) is 33.0 Å². The minimum atomic E-state index is 0.826. The summed E-state index contributed by atoms with van der Waals surface area (Å²) >= 11 is 7.47. The molecule has 0 aromatic carbocycles. The Morgan fingerprint density at radius 1 is 1.41 bits per heavy atom. The molecule has 1 N–H and O–H groups in total. The summed E-state index contributed by atoms with van der Waals surface area (Å²) in [5, 5.41) is 7.67. The zero-order chi connectivity index (χ0) is 12.3. The highest BCUT2D eigenvalue weighted by Crippen LogP contribution is 2.20. The highest BCUT2D eigenvalue weighted by Gasteiger charge is 2.02. The van der Waals surface area contributed by atoms with Gasteiger partial charge in [-0.05, 0) is 26.0 Å². The van der Waals surface area contributed by atoms with Crippen LogP contribution in [0.25, 0.3) is 0 Å². The molecule has 2 heterocycles. The van der Waals surface area contributed by atoms with E-state index < -0.39 is 0 Å². The molecule has 92 valence electrons. The maximum Gasteiger partial charge on any atom is 0.147 e. The van der Waals surface area contributed by atoms with Crippen LogP contribution in [0.1, 0.15) is 16.5 Å². The first-order valence-electron chi connectivity index (χ1n) is 5.48. The Morgan fingerprint density at radius 3 is 2.82 bits per heavy atom. The molecule has 0 fully saturated rings. The van der Waals surface area contributed by atoms with Crippen LogP contribution in [-0.4, -0.2) is 21.3 Å². The van der Waals surface area contributed by atoms with Gasteiger partial charge in [-0.15, -0.1) is 11.3 Å². The van der Waals surface area contributed by atoms with Crippen molar-refractivity contribution in [2.24, 2.45) is 0 Å². The molecule has 0 bridgehead atoms. The van der Waals surface area contributed by atoms with Gasteiger partial charge in [0, 0.05) is 18.0 Å². The Kier molecular flexibility index (Phi) is 4.15. The quantitative estimate of drug-likeness (QED) is 0.849. The zero-order valence-corrected chi connectivity index (χ0v) is 11.5. The fourth-order valence-corrected chi connectivity index (χ4v) is 2.67. The number of rotatable bonds is 5. The lowest BCUT2D eigenvalue weighted by molar-refractivity contribution is 0.542. The van der Waals surface area contributed by atoms with Crippen LogP contribution in [0, 0.1) is 13.8 Å². The zero-order valence-electron chi connectivity index (χ0n) is 9.90. The summed E-state index contributed by atoms with van der Waals surface area (Å²) in [5.41, 5.74) is 0. The molecule has 2 aromatic rings. The molecule has 0 aliphatic carbocycles. The van der Waals surface area contributed by atoms with Crippen LogP contribution < -0.4 is 5.32 Å². The standard InChI is InChI=1S/C11H15ClN4S/c1-8-14-9(2)16(15-8)6-5-13-7-10-3-4-11(12)17-10/h3-4,13H,5-7H2,1-2H3. The van der Waals surface area contributed by atoms with Crippen LogP contribution in [0.4, 0.5) is 0 Å². The highest BCUT2D eigenvalue weighted by molar-refractivity contribution is 7.16. The van der Waals surface area contributed by atoms with Crippen LogP contribution in [0.5, 0.6) is 0 Å². The smallest absolute Gasteiger partial charge is 0.147 e. The first-order valence-corrected chi connectivity index (χ1v) is 6.67. The Labute approximate surface area is 110 Å². The molecule has 0 atom stereocenters. The number of hydrogen-bond acceptors (Lipinski definition) is 4. The molecule has 4 nitrogen and oxygen atoms in total. The van der Waals surface area contributed by atoms with Gasteiger partial charge in [-0.1, -0.05) is 11.6 Å². The molecule has 0 saturated carbocycles. The lowest BCUT2D eigenvalue weighted by Gasteiger charge is -2.04. The summed E-state index contributed by atoms with van der Waals surface area (Å²) in [5.74, 6) is 1.79. The van der Waals surface area contributed by atoms with E-state index in [1.54, 1.807) is 11.3 Å². The van der Waals surface area contributed by atoms with Crippen molar-refractivity contribution < 1.29 is 0 Å². The van der Waals surface area contributed by atoms with Gasteiger partial charge in [-0.3, -0.25) is 0 Å². The monoisotopic (exact) mass is 270 g/mol. The normalized spacial score (nSPS) is 11.0. The number of aromatic nitrogens is 3. The van der Waals surface area contributed by atoms with E-state index in [-0.39, 0.29) is 0 Å². The van der Waals surface area contributed by atoms with Crippen molar-refractivity contribution in [1.29, 1.82) is 0 Å². The molecule has 0 aliphatic rings. The van der Waals surface area contributed by atoms with Crippen molar-refractivity contribution in [1.82, 2.24) is 20.1 Å². The van der Waals surface area contributed by atoms with Crippen molar-refractivity contribution in [2.45, 2.75) is 26.9 Å². The molecule has 6 heteroatoms. The molecular formula is C11H15ClN4S. The molecule has 0 aliphatic heterocycles. The lowest BCUT2D eigenvalue weighted by Crippen LogP contribution is -2.20. The average molecular weight is 271 g/mol. The van der Waals surface area contributed by atoms with Crippen molar-refractivity contribution in [3.8, 4) is 0 Å². The SMILES string of the molecule is Cc1nc(C)n(CCNCc2ccc(Cl)s2)n1. The van der Waals surface area contributed by atoms with E-state index in [1.165, 1.54) is 4.88 Å². The molecule has 0 spiro atoms. The lowest BCUT2D eigenvalue weighted by atomic mass is 10.4. The van der Waals surface area contributed by atoms with Gasteiger partial charge >= 0.3 is 0 Å². The third kappa shape index (κ3) is 3.52. The van der Waals surface area contributed by atoms with E-state index >= 15 is 0 Å². The molecule has 2 aromatic heterocycles. The summed E-state index contributed by atoms with van der Waals surface area (Å²) in [6.07, 6.45) is 0. The number of nitrogens with zero attached hydrogens (tertiary/aromatic N) is 3.